The van der Waals surface area contributed by atoms with Gasteiger partial charge in [0.2, 0.25) is 5.95 Å². The van der Waals surface area contributed by atoms with Crippen LogP contribution in [0, 0.1) is 5.82 Å². The molecule has 0 aliphatic carbocycles. The smallest absolute Gasteiger partial charge is 0.229 e. The monoisotopic (exact) mass is 324 g/mol. The van der Waals surface area contributed by atoms with E-state index in [1.165, 1.54) is 12.1 Å². The highest BCUT2D eigenvalue weighted by Crippen LogP contribution is 2.20. The lowest BCUT2D eigenvalue weighted by Crippen LogP contribution is -2.00. The first-order valence-electron chi connectivity index (χ1n) is 7.58. The minimum atomic E-state index is -0.316. The molecule has 2 N–H and O–H groups in total. The third kappa shape index (κ3) is 4.19. The van der Waals surface area contributed by atoms with E-state index in [0.29, 0.717) is 24.1 Å². The van der Waals surface area contributed by atoms with Gasteiger partial charge in [0.05, 0.1) is 6.61 Å². The molecule has 2 aromatic carbocycles. The van der Waals surface area contributed by atoms with Crippen LogP contribution in [-0.2, 0) is 0 Å². The number of nitrogens with one attached hydrogen (secondary N) is 2. The Morgan fingerprint density at radius 2 is 1.83 bits per heavy atom. The third-order valence-electron chi connectivity index (χ3n) is 3.17. The lowest BCUT2D eigenvalue weighted by molar-refractivity contribution is 0.340. The van der Waals surface area contributed by atoms with Crippen LogP contribution < -0.4 is 15.4 Å². The van der Waals surface area contributed by atoms with Crippen LogP contribution in [0.3, 0.4) is 0 Å². The van der Waals surface area contributed by atoms with Crippen LogP contribution in [0.2, 0.25) is 0 Å². The van der Waals surface area contributed by atoms with Crippen molar-refractivity contribution in [2.24, 2.45) is 0 Å². The van der Waals surface area contributed by atoms with Gasteiger partial charge in [0.25, 0.3) is 0 Å². The minimum absolute atomic E-state index is 0.316. The number of ether oxygens (including phenoxy) is 1. The summed E-state index contributed by atoms with van der Waals surface area (Å²) in [6, 6.07) is 15.5. The van der Waals surface area contributed by atoms with Crippen molar-refractivity contribution in [3.05, 3.63) is 66.6 Å². The molecule has 6 heteroatoms. The molecule has 0 aliphatic heterocycles. The van der Waals surface area contributed by atoms with Crippen LogP contribution in [0.5, 0.6) is 5.75 Å². The number of aromatic nitrogens is 2. The molecule has 0 fully saturated rings. The Bertz CT molecular complexity index is 808. The minimum Gasteiger partial charge on any atom is -0.494 e. The average molecular weight is 324 g/mol. The second-order valence-corrected chi connectivity index (χ2v) is 4.98. The molecule has 0 amide bonds. The summed E-state index contributed by atoms with van der Waals surface area (Å²) in [5.74, 6) is 1.52. The van der Waals surface area contributed by atoms with Crippen LogP contribution in [0.1, 0.15) is 6.92 Å². The van der Waals surface area contributed by atoms with Crippen molar-refractivity contribution < 1.29 is 9.13 Å². The summed E-state index contributed by atoms with van der Waals surface area (Å²) in [5.41, 5.74) is 1.47. The van der Waals surface area contributed by atoms with Gasteiger partial charge in [-0.05, 0) is 55.5 Å². The summed E-state index contributed by atoms with van der Waals surface area (Å²) >= 11 is 0. The SMILES string of the molecule is CCOc1ccc(Nc2ccnc(Nc3cccc(F)c3)n2)cc1. The Morgan fingerprint density at radius 3 is 2.58 bits per heavy atom. The number of anilines is 4. The lowest BCUT2D eigenvalue weighted by Gasteiger charge is -2.09. The van der Waals surface area contributed by atoms with Crippen molar-refractivity contribution in [3.8, 4) is 5.75 Å². The fourth-order valence-electron chi connectivity index (χ4n) is 2.13. The van der Waals surface area contributed by atoms with Gasteiger partial charge in [-0.15, -0.1) is 0 Å². The van der Waals surface area contributed by atoms with Crippen LogP contribution in [0.15, 0.2) is 60.8 Å². The van der Waals surface area contributed by atoms with E-state index < -0.39 is 0 Å². The van der Waals surface area contributed by atoms with E-state index in [1.807, 2.05) is 31.2 Å². The van der Waals surface area contributed by atoms with Crippen molar-refractivity contribution in [2.45, 2.75) is 6.92 Å². The first-order chi connectivity index (χ1) is 11.7. The highest BCUT2D eigenvalue weighted by molar-refractivity contribution is 5.60. The molecule has 0 saturated carbocycles. The van der Waals surface area contributed by atoms with Crippen molar-refractivity contribution in [2.75, 3.05) is 17.2 Å². The second-order valence-electron chi connectivity index (χ2n) is 4.98. The van der Waals surface area contributed by atoms with Gasteiger partial charge in [-0.25, -0.2) is 9.37 Å². The molecular weight excluding hydrogens is 307 g/mol. The zero-order chi connectivity index (χ0) is 16.8. The number of hydrogen-bond donors (Lipinski definition) is 2. The summed E-state index contributed by atoms with van der Waals surface area (Å²) in [5, 5.41) is 6.16. The molecule has 0 bridgehead atoms. The first-order valence-corrected chi connectivity index (χ1v) is 7.58. The third-order valence-corrected chi connectivity index (χ3v) is 3.17. The Hall–Kier alpha value is -3.15. The van der Waals surface area contributed by atoms with Gasteiger partial charge < -0.3 is 15.4 Å². The van der Waals surface area contributed by atoms with Gasteiger partial charge in [-0.3, -0.25) is 0 Å². The number of benzene rings is 2. The fourth-order valence-corrected chi connectivity index (χ4v) is 2.13. The number of hydrogen-bond acceptors (Lipinski definition) is 5. The zero-order valence-corrected chi connectivity index (χ0v) is 13.2. The molecule has 1 aromatic heterocycles. The van der Waals surface area contributed by atoms with Crippen molar-refractivity contribution in [3.63, 3.8) is 0 Å². The van der Waals surface area contributed by atoms with Crippen molar-refractivity contribution in [1.82, 2.24) is 9.97 Å². The molecule has 3 rings (SSSR count). The number of rotatable bonds is 6. The summed E-state index contributed by atoms with van der Waals surface area (Å²) < 4.78 is 18.6. The van der Waals surface area contributed by atoms with E-state index >= 15 is 0 Å². The largest absolute Gasteiger partial charge is 0.494 e. The summed E-state index contributed by atoms with van der Waals surface area (Å²) in [6.07, 6.45) is 1.63. The molecular formula is C18H17FN4O. The molecule has 0 spiro atoms. The van der Waals surface area contributed by atoms with Gasteiger partial charge in [0.1, 0.15) is 17.4 Å². The highest BCUT2D eigenvalue weighted by Gasteiger charge is 2.02. The van der Waals surface area contributed by atoms with Gasteiger partial charge in [-0.1, -0.05) is 6.07 Å². The standard InChI is InChI=1S/C18H17FN4O/c1-2-24-16-8-6-14(7-9-16)21-17-10-11-20-18(23-17)22-15-5-3-4-13(19)12-15/h3-12H,2H2,1H3,(H2,20,21,22,23). The van der Waals surface area contributed by atoms with Crippen molar-refractivity contribution in [1.29, 1.82) is 0 Å². The van der Waals surface area contributed by atoms with Gasteiger partial charge in [-0.2, -0.15) is 4.98 Å². The van der Waals surface area contributed by atoms with Crippen LogP contribution >= 0.6 is 0 Å². The van der Waals surface area contributed by atoms with E-state index in [2.05, 4.69) is 20.6 Å². The quantitative estimate of drug-likeness (QED) is 0.699. The Labute approximate surface area is 139 Å². The maximum Gasteiger partial charge on any atom is 0.229 e. The van der Waals surface area contributed by atoms with E-state index in [9.17, 15) is 4.39 Å². The highest BCUT2D eigenvalue weighted by atomic mass is 19.1. The molecule has 0 unspecified atom stereocenters. The molecule has 0 atom stereocenters. The van der Waals surface area contributed by atoms with E-state index in [-0.39, 0.29) is 5.82 Å². The Balaban J connectivity index is 1.70. The van der Waals surface area contributed by atoms with Crippen LogP contribution in [0.4, 0.5) is 27.5 Å². The predicted octanol–water partition coefficient (Wildman–Crippen LogP) is 4.50. The molecule has 122 valence electrons. The maximum absolute atomic E-state index is 13.2. The fraction of sp³-hybridized carbons (Fsp3) is 0.111. The van der Waals surface area contributed by atoms with Crippen LogP contribution in [-0.4, -0.2) is 16.6 Å². The number of nitrogens with zero attached hydrogens (tertiary/aromatic N) is 2. The molecule has 5 nitrogen and oxygen atoms in total. The second kappa shape index (κ2) is 7.41. The van der Waals surface area contributed by atoms with E-state index in [4.69, 9.17) is 4.74 Å². The van der Waals surface area contributed by atoms with Gasteiger partial charge in [0.15, 0.2) is 0 Å². The molecule has 0 saturated heterocycles. The van der Waals surface area contributed by atoms with Crippen molar-refractivity contribution >= 4 is 23.1 Å². The summed E-state index contributed by atoms with van der Waals surface area (Å²) in [6.45, 7) is 2.58. The molecule has 3 aromatic rings. The topological polar surface area (TPSA) is 59.1 Å². The molecule has 1 heterocycles. The Morgan fingerprint density at radius 1 is 1.00 bits per heavy atom. The normalized spacial score (nSPS) is 10.2. The molecule has 0 aliphatic rings. The zero-order valence-electron chi connectivity index (χ0n) is 13.2. The first kappa shape index (κ1) is 15.7. The van der Waals surface area contributed by atoms with Crippen LogP contribution in [0.25, 0.3) is 0 Å². The summed E-state index contributed by atoms with van der Waals surface area (Å²) in [7, 11) is 0. The Kier molecular flexibility index (Phi) is 4.86. The molecule has 0 radical (unpaired) electrons. The average Bonchev–Trinajstić information content (AvgIpc) is 2.57. The van der Waals surface area contributed by atoms with Gasteiger partial charge >= 0.3 is 0 Å². The number of halogens is 1. The maximum atomic E-state index is 13.2. The summed E-state index contributed by atoms with van der Waals surface area (Å²) in [4.78, 5) is 8.50. The van der Waals surface area contributed by atoms with E-state index in [1.54, 1.807) is 24.4 Å². The lowest BCUT2D eigenvalue weighted by atomic mass is 10.3. The molecule has 24 heavy (non-hydrogen) atoms. The van der Waals surface area contributed by atoms with E-state index in [0.717, 1.165) is 11.4 Å². The van der Waals surface area contributed by atoms with Gasteiger partial charge in [0, 0.05) is 17.6 Å². The predicted molar refractivity (Wildman–Crippen MR) is 92.6 cm³/mol.